The van der Waals surface area contributed by atoms with Gasteiger partial charge in [0.2, 0.25) is 0 Å². The van der Waals surface area contributed by atoms with Gasteiger partial charge in [-0.15, -0.1) is 0 Å². The van der Waals surface area contributed by atoms with Gasteiger partial charge < -0.3 is 15.2 Å². The Bertz CT molecular complexity index is 330. The predicted molar refractivity (Wildman–Crippen MR) is 62.5 cm³/mol. The number of ether oxygens (including phenoxy) is 1. The molecule has 2 atom stereocenters. The Labute approximate surface area is 101 Å². The van der Waals surface area contributed by atoms with Crippen LogP contribution in [-0.4, -0.2) is 35.2 Å². The third-order valence-electron chi connectivity index (χ3n) is 2.39. The molecule has 5 heteroatoms. The molecule has 2 N–H and O–H groups in total. The molecule has 0 saturated carbocycles. The fourth-order valence-corrected chi connectivity index (χ4v) is 1.66. The smallest absolute Gasteiger partial charge is 0.324 e. The lowest BCUT2D eigenvalue weighted by molar-refractivity contribution is -0.163. The Morgan fingerprint density at radius 3 is 2.53 bits per heavy atom. The average molecular weight is 241 g/mol. The van der Waals surface area contributed by atoms with Gasteiger partial charge in [-0.05, 0) is 27.2 Å². The van der Waals surface area contributed by atoms with Gasteiger partial charge in [-0.2, -0.15) is 0 Å². The standard InChI is InChI=1S/C12H19NO4/c1-12(2,3)17-11(16)9-8(10(14)15)6-4-5-7-13-9/h4-5,8-9,13H,6-7H2,1-3H3,(H,14,15). The van der Waals surface area contributed by atoms with E-state index in [1.807, 2.05) is 6.08 Å². The summed E-state index contributed by atoms with van der Waals surface area (Å²) in [7, 11) is 0. The second-order valence-electron chi connectivity index (χ2n) is 5.07. The molecule has 0 amide bonds. The first-order valence-corrected chi connectivity index (χ1v) is 5.65. The Hall–Kier alpha value is -1.36. The lowest BCUT2D eigenvalue weighted by Crippen LogP contribution is -2.47. The predicted octanol–water partition coefficient (Wildman–Crippen LogP) is 0.947. The van der Waals surface area contributed by atoms with Gasteiger partial charge in [0.15, 0.2) is 0 Å². The molecule has 0 aromatic carbocycles. The van der Waals surface area contributed by atoms with Crippen molar-refractivity contribution >= 4 is 11.9 Å². The number of carbonyl (C=O) groups excluding carboxylic acids is 1. The van der Waals surface area contributed by atoms with Crippen LogP contribution < -0.4 is 5.32 Å². The Kier molecular flexibility index (Phi) is 4.28. The molecule has 1 heterocycles. The molecule has 17 heavy (non-hydrogen) atoms. The van der Waals surface area contributed by atoms with E-state index < -0.39 is 29.5 Å². The van der Waals surface area contributed by atoms with Crippen LogP contribution in [0.1, 0.15) is 27.2 Å². The van der Waals surface area contributed by atoms with Crippen molar-refractivity contribution in [2.24, 2.45) is 5.92 Å². The van der Waals surface area contributed by atoms with Crippen molar-refractivity contribution in [2.75, 3.05) is 6.54 Å². The van der Waals surface area contributed by atoms with Crippen LogP contribution in [-0.2, 0) is 14.3 Å². The molecular weight excluding hydrogens is 222 g/mol. The fraction of sp³-hybridized carbons (Fsp3) is 0.667. The number of nitrogens with one attached hydrogen (secondary N) is 1. The molecular formula is C12H19NO4. The lowest BCUT2D eigenvalue weighted by atomic mass is 9.96. The summed E-state index contributed by atoms with van der Waals surface area (Å²) in [5.41, 5.74) is -0.610. The van der Waals surface area contributed by atoms with Gasteiger partial charge in [0.05, 0.1) is 5.92 Å². The zero-order chi connectivity index (χ0) is 13.1. The molecule has 1 aliphatic rings. The highest BCUT2D eigenvalue weighted by Crippen LogP contribution is 2.17. The van der Waals surface area contributed by atoms with E-state index in [0.29, 0.717) is 13.0 Å². The summed E-state index contributed by atoms with van der Waals surface area (Å²) in [4.78, 5) is 23.0. The van der Waals surface area contributed by atoms with E-state index in [2.05, 4.69) is 5.32 Å². The van der Waals surface area contributed by atoms with Crippen LogP contribution in [0.3, 0.4) is 0 Å². The van der Waals surface area contributed by atoms with E-state index in [1.165, 1.54) is 0 Å². The maximum Gasteiger partial charge on any atom is 0.324 e. The second kappa shape index (κ2) is 5.31. The summed E-state index contributed by atoms with van der Waals surface area (Å²) < 4.78 is 5.22. The van der Waals surface area contributed by atoms with Crippen molar-refractivity contribution in [1.82, 2.24) is 5.32 Å². The number of carboxylic acid groups (broad SMARTS) is 1. The van der Waals surface area contributed by atoms with Crippen molar-refractivity contribution in [2.45, 2.75) is 38.8 Å². The van der Waals surface area contributed by atoms with Gasteiger partial charge in [0.25, 0.3) is 0 Å². The van der Waals surface area contributed by atoms with Gasteiger partial charge in [0.1, 0.15) is 11.6 Å². The molecule has 0 radical (unpaired) electrons. The molecule has 0 spiro atoms. The maximum atomic E-state index is 11.9. The lowest BCUT2D eigenvalue weighted by Gasteiger charge is -2.26. The Morgan fingerprint density at radius 2 is 2.00 bits per heavy atom. The SMILES string of the molecule is CC(C)(C)OC(=O)C1NCC=CCC1C(=O)O. The van der Waals surface area contributed by atoms with Crippen molar-refractivity contribution in [3.05, 3.63) is 12.2 Å². The minimum Gasteiger partial charge on any atom is -0.481 e. The van der Waals surface area contributed by atoms with E-state index in [-0.39, 0.29) is 0 Å². The van der Waals surface area contributed by atoms with Gasteiger partial charge in [-0.25, -0.2) is 0 Å². The molecule has 0 saturated heterocycles. The number of carbonyl (C=O) groups is 2. The van der Waals surface area contributed by atoms with E-state index in [0.717, 1.165) is 0 Å². The third-order valence-corrected chi connectivity index (χ3v) is 2.39. The zero-order valence-electron chi connectivity index (χ0n) is 10.4. The van der Waals surface area contributed by atoms with Crippen LogP contribution in [0.15, 0.2) is 12.2 Å². The molecule has 0 fully saturated rings. The number of allylic oxidation sites excluding steroid dienone is 1. The van der Waals surface area contributed by atoms with Crippen LogP contribution >= 0.6 is 0 Å². The Balaban J connectivity index is 2.78. The number of hydrogen-bond donors (Lipinski definition) is 2. The largest absolute Gasteiger partial charge is 0.481 e. The minimum atomic E-state index is -0.986. The summed E-state index contributed by atoms with van der Waals surface area (Å²) in [5, 5.41) is 12.0. The third kappa shape index (κ3) is 4.19. The second-order valence-corrected chi connectivity index (χ2v) is 5.07. The first-order chi connectivity index (χ1) is 7.81. The maximum absolute atomic E-state index is 11.9. The normalized spacial score (nSPS) is 25.1. The van der Waals surface area contributed by atoms with E-state index in [9.17, 15) is 9.59 Å². The molecule has 0 aliphatic carbocycles. The first-order valence-electron chi connectivity index (χ1n) is 5.65. The number of esters is 1. The molecule has 0 aromatic heterocycles. The van der Waals surface area contributed by atoms with Crippen LogP contribution in [0.4, 0.5) is 0 Å². The van der Waals surface area contributed by atoms with Gasteiger partial charge in [-0.3, -0.25) is 9.59 Å². The van der Waals surface area contributed by atoms with Crippen molar-refractivity contribution < 1.29 is 19.4 Å². The molecule has 0 bridgehead atoms. The van der Waals surface area contributed by atoms with Crippen LogP contribution in [0, 0.1) is 5.92 Å². The van der Waals surface area contributed by atoms with Crippen molar-refractivity contribution in [3.63, 3.8) is 0 Å². The van der Waals surface area contributed by atoms with Gasteiger partial charge in [0, 0.05) is 6.54 Å². The highest BCUT2D eigenvalue weighted by molar-refractivity contribution is 5.84. The summed E-state index contributed by atoms with van der Waals surface area (Å²) in [5.74, 6) is -2.27. The van der Waals surface area contributed by atoms with Crippen LogP contribution in [0.5, 0.6) is 0 Å². The van der Waals surface area contributed by atoms with Crippen molar-refractivity contribution in [1.29, 1.82) is 0 Å². The summed E-state index contributed by atoms with van der Waals surface area (Å²) in [6, 6.07) is -0.790. The highest BCUT2D eigenvalue weighted by atomic mass is 16.6. The van der Waals surface area contributed by atoms with Gasteiger partial charge >= 0.3 is 11.9 Å². The molecule has 96 valence electrons. The first kappa shape index (κ1) is 13.7. The number of rotatable bonds is 2. The zero-order valence-corrected chi connectivity index (χ0v) is 10.4. The molecule has 0 aromatic rings. The van der Waals surface area contributed by atoms with E-state index in [4.69, 9.17) is 9.84 Å². The monoisotopic (exact) mass is 241 g/mol. The van der Waals surface area contributed by atoms with Crippen LogP contribution in [0.2, 0.25) is 0 Å². The molecule has 1 aliphatic heterocycles. The topological polar surface area (TPSA) is 75.6 Å². The minimum absolute atomic E-state index is 0.340. The van der Waals surface area contributed by atoms with Crippen molar-refractivity contribution in [3.8, 4) is 0 Å². The highest BCUT2D eigenvalue weighted by Gasteiger charge is 2.36. The fourth-order valence-electron chi connectivity index (χ4n) is 1.66. The van der Waals surface area contributed by atoms with E-state index >= 15 is 0 Å². The summed E-state index contributed by atoms with van der Waals surface area (Å²) >= 11 is 0. The average Bonchev–Trinajstić information content (AvgIpc) is 2.39. The number of aliphatic carboxylic acids is 1. The molecule has 5 nitrogen and oxygen atoms in total. The quantitative estimate of drug-likeness (QED) is 0.556. The van der Waals surface area contributed by atoms with Gasteiger partial charge in [-0.1, -0.05) is 12.2 Å². The molecule has 2 unspecified atom stereocenters. The number of carboxylic acids is 1. The number of hydrogen-bond acceptors (Lipinski definition) is 4. The Morgan fingerprint density at radius 1 is 1.35 bits per heavy atom. The molecule has 1 rings (SSSR count). The summed E-state index contributed by atoms with van der Waals surface area (Å²) in [6.45, 7) is 5.76. The summed E-state index contributed by atoms with van der Waals surface area (Å²) in [6.07, 6.45) is 3.93. The van der Waals surface area contributed by atoms with Crippen LogP contribution in [0.25, 0.3) is 0 Å². The van der Waals surface area contributed by atoms with E-state index in [1.54, 1.807) is 26.8 Å².